The van der Waals surface area contributed by atoms with E-state index in [0.717, 1.165) is 23.4 Å². The lowest BCUT2D eigenvalue weighted by Crippen LogP contribution is -2.36. The molecule has 176 valence electrons. The van der Waals surface area contributed by atoms with Crippen molar-refractivity contribution in [1.82, 2.24) is 14.7 Å². The molecular weight excluding hydrogens is 421 g/mol. The lowest BCUT2D eigenvalue weighted by Gasteiger charge is -2.25. The molecule has 1 saturated carbocycles. The van der Waals surface area contributed by atoms with Crippen molar-refractivity contribution in [1.29, 1.82) is 0 Å². The van der Waals surface area contributed by atoms with Gasteiger partial charge in [0.15, 0.2) is 0 Å². The van der Waals surface area contributed by atoms with Crippen molar-refractivity contribution in [2.24, 2.45) is 13.0 Å². The van der Waals surface area contributed by atoms with Gasteiger partial charge in [0.1, 0.15) is 17.3 Å². The SMILES string of the molecule is CCOCC(O)CN(Cc1c(-c2ccccc2)nn(C)c1Oc1cccc(F)c1)CC1CC1. The summed E-state index contributed by atoms with van der Waals surface area (Å²) in [6.07, 6.45) is 1.85. The third kappa shape index (κ3) is 6.41. The van der Waals surface area contributed by atoms with Crippen molar-refractivity contribution in [3.8, 4) is 22.9 Å². The average molecular weight is 454 g/mol. The molecule has 1 heterocycles. The van der Waals surface area contributed by atoms with Gasteiger partial charge in [0.2, 0.25) is 5.88 Å². The minimum Gasteiger partial charge on any atom is -0.439 e. The number of rotatable bonds is 12. The second-order valence-electron chi connectivity index (χ2n) is 8.63. The number of aryl methyl sites for hydroxylation is 1. The fraction of sp³-hybridized carbons (Fsp3) is 0.423. The molecule has 0 radical (unpaired) electrons. The highest BCUT2D eigenvalue weighted by atomic mass is 19.1. The summed E-state index contributed by atoms with van der Waals surface area (Å²) in [5.74, 6) is 1.28. The van der Waals surface area contributed by atoms with E-state index in [-0.39, 0.29) is 5.82 Å². The fourth-order valence-corrected chi connectivity index (χ4v) is 3.99. The van der Waals surface area contributed by atoms with Crippen LogP contribution in [0.1, 0.15) is 25.3 Å². The Kier molecular flexibility index (Phi) is 7.75. The summed E-state index contributed by atoms with van der Waals surface area (Å²) in [6.45, 7) is 4.76. The highest BCUT2D eigenvalue weighted by Crippen LogP contribution is 2.36. The van der Waals surface area contributed by atoms with Gasteiger partial charge >= 0.3 is 0 Å². The maximum absolute atomic E-state index is 13.8. The maximum atomic E-state index is 13.8. The fourth-order valence-electron chi connectivity index (χ4n) is 3.99. The molecule has 1 aliphatic rings. The summed E-state index contributed by atoms with van der Waals surface area (Å²) in [4.78, 5) is 2.25. The lowest BCUT2D eigenvalue weighted by atomic mass is 10.1. The molecular formula is C26H32FN3O3. The van der Waals surface area contributed by atoms with Gasteiger partial charge in [-0.1, -0.05) is 36.4 Å². The predicted molar refractivity (Wildman–Crippen MR) is 126 cm³/mol. The highest BCUT2D eigenvalue weighted by Gasteiger charge is 2.28. The Morgan fingerprint density at radius 1 is 1.18 bits per heavy atom. The van der Waals surface area contributed by atoms with Crippen molar-refractivity contribution in [3.63, 3.8) is 0 Å². The Hall–Kier alpha value is -2.74. The van der Waals surface area contributed by atoms with Crippen LogP contribution in [0.5, 0.6) is 11.6 Å². The minimum atomic E-state index is -0.576. The number of benzene rings is 2. The van der Waals surface area contributed by atoms with Crippen molar-refractivity contribution in [2.75, 3.05) is 26.3 Å². The van der Waals surface area contributed by atoms with Crippen molar-refractivity contribution in [3.05, 3.63) is 66.0 Å². The van der Waals surface area contributed by atoms with E-state index in [1.165, 1.54) is 25.0 Å². The first kappa shape index (κ1) is 23.4. The van der Waals surface area contributed by atoms with Gasteiger partial charge in [-0.25, -0.2) is 9.07 Å². The molecule has 0 aliphatic heterocycles. The Morgan fingerprint density at radius 2 is 1.97 bits per heavy atom. The Labute approximate surface area is 194 Å². The molecule has 0 spiro atoms. The third-order valence-electron chi connectivity index (χ3n) is 5.72. The summed E-state index contributed by atoms with van der Waals surface area (Å²) >= 11 is 0. The minimum absolute atomic E-state index is 0.308. The summed E-state index contributed by atoms with van der Waals surface area (Å²) in [5, 5.41) is 15.3. The topological polar surface area (TPSA) is 59.8 Å². The number of hydrogen-bond donors (Lipinski definition) is 1. The molecule has 3 aromatic rings. The second-order valence-corrected chi connectivity index (χ2v) is 8.63. The van der Waals surface area contributed by atoms with Gasteiger partial charge in [-0.05, 0) is 37.8 Å². The first-order valence-corrected chi connectivity index (χ1v) is 11.6. The molecule has 4 rings (SSSR count). The maximum Gasteiger partial charge on any atom is 0.222 e. The zero-order valence-corrected chi connectivity index (χ0v) is 19.3. The molecule has 1 atom stereocenters. The van der Waals surface area contributed by atoms with Crippen LogP contribution in [-0.2, 0) is 18.3 Å². The Morgan fingerprint density at radius 3 is 2.67 bits per heavy atom. The van der Waals surface area contributed by atoms with Gasteiger partial charge < -0.3 is 14.6 Å². The van der Waals surface area contributed by atoms with E-state index in [2.05, 4.69) is 4.90 Å². The van der Waals surface area contributed by atoms with Gasteiger partial charge in [-0.15, -0.1) is 0 Å². The average Bonchev–Trinajstić information content (AvgIpc) is 3.57. The van der Waals surface area contributed by atoms with Crippen LogP contribution in [0.3, 0.4) is 0 Å². The standard InChI is InChI=1S/C26H32FN3O3/c1-3-32-18-22(31)16-30(15-19-12-13-19)17-24-25(20-8-5-4-6-9-20)28-29(2)26(24)33-23-11-7-10-21(27)14-23/h4-11,14,19,22,31H,3,12-13,15-18H2,1-2H3. The normalized spacial score (nSPS) is 14.6. The van der Waals surface area contributed by atoms with Crippen LogP contribution in [0.25, 0.3) is 11.3 Å². The second kappa shape index (κ2) is 10.9. The molecule has 1 aromatic heterocycles. The quantitative estimate of drug-likeness (QED) is 0.433. The molecule has 1 unspecified atom stereocenters. The molecule has 6 nitrogen and oxygen atoms in total. The van der Waals surface area contributed by atoms with Crippen LogP contribution in [-0.4, -0.2) is 52.2 Å². The Balaban J connectivity index is 1.66. The lowest BCUT2D eigenvalue weighted by molar-refractivity contribution is 0.0186. The van der Waals surface area contributed by atoms with E-state index in [0.29, 0.717) is 43.9 Å². The first-order chi connectivity index (χ1) is 16.0. The van der Waals surface area contributed by atoms with Gasteiger partial charge in [0.05, 0.1) is 18.3 Å². The van der Waals surface area contributed by atoms with Crippen LogP contribution in [0.15, 0.2) is 54.6 Å². The van der Waals surface area contributed by atoms with E-state index in [4.69, 9.17) is 14.6 Å². The molecule has 33 heavy (non-hydrogen) atoms. The van der Waals surface area contributed by atoms with Crippen LogP contribution in [0, 0.1) is 11.7 Å². The third-order valence-corrected chi connectivity index (χ3v) is 5.72. The van der Waals surface area contributed by atoms with E-state index in [9.17, 15) is 9.50 Å². The molecule has 0 amide bonds. The number of hydrogen-bond acceptors (Lipinski definition) is 5. The van der Waals surface area contributed by atoms with Gasteiger partial charge in [-0.2, -0.15) is 5.10 Å². The number of aliphatic hydroxyl groups is 1. The van der Waals surface area contributed by atoms with Crippen LogP contribution in [0.4, 0.5) is 4.39 Å². The number of halogens is 1. The van der Waals surface area contributed by atoms with E-state index < -0.39 is 6.10 Å². The summed E-state index contributed by atoms with van der Waals surface area (Å²) in [6, 6.07) is 16.1. The zero-order chi connectivity index (χ0) is 23.2. The summed E-state index contributed by atoms with van der Waals surface area (Å²) in [5.41, 5.74) is 2.72. The zero-order valence-electron chi connectivity index (χ0n) is 19.3. The molecule has 2 aromatic carbocycles. The van der Waals surface area contributed by atoms with Gasteiger partial charge in [-0.3, -0.25) is 4.90 Å². The van der Waals surface area contributed by atoms with Crippen LogP contribution >= 0.6 is 0 Å². The van der Waals surface area contributed by atoms with E-state index in [1.807, 2.05) is 44.3 Å². The molecule has 1 fully saturated rings. The molecule has 0 bridgehead atoms. The molecule has 0 saturated heterocycles. The highest BCUT2D eigenvalue weighted by molar-refractivity contribution is 5.65. The van der Waals surface area contributed by atoms with Crippen LogP contribution in [0.2, 0.25) is 0 Å². The Bertz CT molecular complexity index is 1040. The number of nitrogens with zero attached hydrogens (tertiary/aromatic N) is 3. The van der Waals surface area contributed by atoms with Gasteiger partial charge in [0.25, 0.3) is 0 Å². The van der Waals surface area contributed by atoms with E-state index >= 15 is 0 Å². The summed E-state index contributed by atoms with van der Waals surface area (Å²) in [7, 11) is 1.83. The molecule has 1 aliphatic carbocycles. The monoisotopic (exact) mass is 453 g/mol. The predicted octanol–water partition coefficient (Wildman–Crippen LogP) is 4.63. The van der Waals surface area contributed by atoms with Gasteiger partial charge in [0, 0.05) is 44.9 Å². The van der Waals surface area contributed by atoms with Crippen LogP contribution < -0.4 is 4.74 Å². The van der Waals surface area contributed by atoms with Crippen molar-refractivity contribution >= 4 is 0 Å². The smallest absolute Gasteiger partial charge is 0.222 e. The largest absolute Gasteiger partial charge is 0.439 e. The van der Waals surface area contributed by atoms with Crippen molar-refractivity contribution in [2.45, 2.75) is 32.4 Å². The number of aliphatic hydroxyl groups excluding tert-OH is 1. The number of aromatic nitrogens is 2. The first-order valence-electron chi connectivity index (χ1n) is 11.6. The summed E-state index contributed by atoms with van der Waals surface area (Å²) < 4.78 is 27.1. The number of ether oxygens (including phenoxy) is 2. The van der Waals surface area contributed by atoms with E-state index in [1.54, 1.807) is 16.8 Å². The van der Waals surface area contributed by atoms with Crippen molar-refractivity contribution < 1.29 is 19.0 Å². The molecule has 7 heteroatoms. The molecule has 1 N–H and O–H groups in total.